The summed E-state index contributed by atoms with van der Waals surface area (Å²) in [4.78, 5) is 204. The van der Waals surface area contributed by atoms with Crippen LogP contribution in [0.5, 0.6) is 5.75 Å². The van der Waals surface area contributed by atoms with Crippen LogP contribution in [0.2, 0.25) is 0 Å². The third-order valence-electron chi connectivity index (χ3n) is 15.4. The number of imidazole rings is 1. The number of carboxylic acid groups (broad SMARTS) is 1. The van der Waals surface area contributed by atoms with Gasteiger partial charge in [0, 0.05) is 67.1 Å². The highest BCUT2D eigenvalue weighted by Gasteiger charge is 2.44. The Labute approximate surface area is 562 Å². The fourth-order valence-corrected chi connectivity index (χ4v) is 15.0. The molecule has 12 unspecified atom stereocenters. The van der Waals surface area contributed by atoms with Crippen LogP contribution in [-0.4, -0.2) is 235 Å². The van der Waals surface area contributed by atoms with Crippen molar-refractivity contribution in [3.8, 4) is 5.75 Å². The van der Waals surface area contributed by atoms with Gasteiger partial charge in [0.25, 0.3) is 0 Å². The first kappa shape index (κ1) is 76.2. The Hall–Kier alpha value is -7.87. The van der Waals surface area contributed by atoms with Crippen LogP contribution in [0.1, 0.15) is 83.9 Å². The number of nitrogens with two attached hydrogens (primary N) is 1. The van der Waals surface area contributed by atoms with Gasteiger partial charge in [-0.1, -0.05) is 83.0 Å². The minimum Gasteiger partial charge on any atom is -0.508 e. The summed E-state index contributed by atoms with van der Waals surface area (Å²) in [6, 6.07) is -10.3. The fourth-order valence-electron chi connectivity index (χ4n) is 10.3. The smallest absolute Gasteiger partial charge is 0.327 e. The van der Waals surface area contributed by atoms with E-state index < -0.39 is 181 Å². The highest BCUT2D eigenvalue weighted by atomic mass is 33.1. The largest absolute Gasteiger partial charge is 0.508 e. The van der Waals surface area contributed by atoms with Gasteiger partial charge in [0.2, 0.25) is 76.8 Å². The lowest BCUT2D eigenvalue weighted by Crippen LogP contribution is -2.61. The molecule has 4 aliphatic heterocycles. The summed E-state index contributed by atoms with van der Waals surface area (Å²) in [7, 11) is 3.50. The lowest BCUT2D eigenvalue weighted by Gasteiger charge is -2.31. The van der Waals surface area contributed by atoms with Gasteiger partial charge in [0.15, 0.2) is 0 Å². The zero-order valence-corrected chi connectivity index (χ0v) is 56.0. The van der Waals surface area contributed by atoms with Crippen molar-refractivity contribution in [3.63, 3.8) is 0 Å². The van der Waals surface area contributed by atoms with E-state index in [0.29, 0.717) is 24.1 Å². The second-order valence-corrected chi connectivity index (χ2v) is 29.0. The predicted octanol–water partition coefficient (Wildman–Crippen LogP) is -4.56. The van der Waals surface area contributed by atoms with Crippen molar-refractivity contribution in [3.05, 3.63) is 48.0 Å². The number of benzene rings is 1. The zero-order valence-electron chi connectivity index (χ0n) is 52.7. The Balaban J connectivity index is 1.41. The molecule has 4 fully saturated rings. The maximum atomic E-state index is 15.0. The van der Waals surface area contributed by atoms with Crippen LogP contribution in [0.25, 0.3) is 0 Å². The Bertz CT molecular complexity index is 3080. The standard InChI is InChI=1S/C58H84N16O17S4/c1-28(2)15-36-51(83)70-40-24-93-92-23-39(49(81)62-20-45(78)65-37(16-30-8-10-32(75)11-9-30)52(84)66-34(50(82)67-36)7-5-6-14-59)69-54(86)41(71-56(88)47(29(3)4)73-46(79)21-61-48(80)35-12-13-44(77)64-35)25-94-95-26-42(58(90)91)72-55(87)43-18-33(76)22-74(43)57(89)38(68-53(40)85)17-31-19-60-27-63-31/h8-11,19,27-29,33-43,47,75-76H,5-7,12-18,20-26,59H2,1-4H3,(H,60,63)(H,61,80)(H,62,81)(H,64,77)(H,65,78)(H,66,84)(H,67,82)(H,68,85)(H,69,86)(H,70,83)(H,71,88)(H,72,87)(H,73,79)(H,90,91). The van der Waals surface area contributed by atoms with Crippen molar-refractivity contribution in [1.29, 1.82) is 0 Å². The molecule has 5 heterocycles. The number of carbonyl (C=O) groups is 14. The third-order valence-corrected chi connectivity index (χ3v) is 20.3. The first-order chi connectivity index (χ1) is 45.2. The molecular formula is C58H84N16O17S4. The monoisotopic (exact) mass is 1400 g/mol. The minimum atomic E-state index is -1.68. The second-order valence-electron chi connectivity index (χ2n) is 23.9. The molecule has 12 atom stereocenters. The number of rotatable bonds is 18. The quantitative estimate of drug-likeness (QED) is 0.0494. The van der Waals surface area contributed by atoms with Gasteiger partial charge in [0.1, 0.15) is 72.2 Å². The Morgan fingerprint density at radius 1 is 0.695 bits per heavy atom. The summed E-state index contributed by atoms with van der Waals surface area (Å²) in [6.45, 7) is 5.05. The number of aliphatic hydroxyl groups is 1. The van der Waals surface area contributed by atoms with Crippen molar-refractivity contribution in [1.82, 2.24) is 78.7 Å². The van der Waals surface area contributed by atoms with Crippen LogP contribution in [0.15, 0.2) is 36.8 Å². The first-order valence-electron chi connectivity index (χ1n) is 30.9. The Morgan fingerprint density at radius 2 is 1.34 bits per heavy atom. The predicted molar refractivity (Wildman–Crippen MR) is 349 cm³/mol. The maximum absolute atomic E-state index is 15.0. The van der Waals surface area contributed by atoms with E-state index in [-0.39, 0.29) is 86.3 Å². The fraction of sp³-hybridized carbons (Fsp3) is 0.603. The second kappa shape index (κ2) is 37.4. The van der Waals surface area contributed by atoms with Gasteiger partial charge in [-0.25, -0.2) is 9.78 Å². The molecule has 6 rings (SSSR count). The van der Waals surface area contributed by atoms with Crippen LogP contribution in [-0.2, 0) is 80.0 Å². The molecule has 18 N–H and O–H groups in total. The molecule has 0 spiro atoms. The molecule has 0 radical (unpaired) electrons. The number of hydrogen-bond donors (Lipinski definition) is 17. The number of aromatic nitrogens is 2. The van der Waals surface area contributed by atoms with E-state index in [1.54, 1.807) is 27.7 Å². The third kappa shape index (κ3) is 24.1. The molecule has 522 valence electrons. The zero-order chi connectivity index (χ0) is 69.5. The number of unbranched alkanes of at least 4 members (excludes halogenated alkanes) is 1. The van der Waals surface area contributed by atoms with E-state index in [2.05, 4.69) is 73.8 Å². The van der Waals surface area contributed by atoms with Gasteiger partial charge in [-0.05, 0) is 68.2 Å². The molecular weight excluding hydrogens is 1320 g/mol. The van der Waals surface area contributed by atoms with Crippen LogP contribution >= 0.6 is 43.2 Å². The number of phenolic OH excluding ortho intramolecular Hbond substituents is 1. The molecule has 0 saturated carbocycles. The molecule has 4 aliphatic rings. The molecule has 2 bridgehead atoms. The van der Waals surface area contributed by atoms with Crippen LogP contribution < -0.4 is 69.5 Å². The number of aliphatic carboxylic acids is 1. The topological polar surface area (TPSA) is 502 Å². The summed E-state index contributed by atoms with van der Waals surface area (Å²) >= 11 is 0. The summed E-state index contributed by atoms with van der Waals surface area (Å²) in [5, 5.41) is 62.4. The summed E-state index contributed by atoms with van der Waals surface area (Å²) in [5.74, 6) is -15.2. The number of aliphatic hydroxyl groups excluding tert-OH is 1. The number of aromatic amines is 1. The normalized spacial score (nSPS) is 26.4. The van der Waals surface area contributed by atoms with E-state index >= 15 is 0 Å². The van der Waals surface area contributed by atoms with Gasteiger partial charge in [-0.2, -0.15) is 0 Å². The average Bonchev–Trinajstić information content (AvgIpc) is 1.71. The number of carboxylic acids is 1. The van der Waals surface area contributed by atoms with Crippen LogP contribution in [0, 0.1) is 11.8 Å². The van der Waals surface area contributed by atoms with E-state index in [1.807, 2.05) is 0 Å². The van der Waals surface area contributed by atoms with Crippen molar-refractivity contribution >= 4 is 126 Å². The Kier molecular flexibility index (Phi) is 30.0. The number of aromatic hydroxyl groups is 1. The van der Waals surface area contributed by atoms with E-state index in [9.17, 15) is 82.4 Å². The SMILES string of the molecule is CC(C)CC1NC(=O)C(CCCCN)NC(=O)C(Cc2ccc(O)cc2)NC(=O)CNC(=O)C2CSSCC(NC1=O)C(=O)NC(Cc1cnc[nH]1)C(=O)N1CC(O)CC1C(=O)NC(C(=O)O)CSSCC(NC(=O)C(NC(=O)CNC(=O)C1CCC(=O)N1)C(C)C)C(=O)N2. The van der Waals surface area contributed by atoms with Crippen molar-refractivity contribution in [2.45, 2.75) is 158 Å². The van der Waals surface area contributed by atoms with E-state index in [4.69, 9.17) is 5.73 Å². The molecule has 1 aromatic heterocycles. The van der Waals surface area contributed by atoms with Crippen molar-refractivity contribution in [2.24, 2.45) is 17.6 Å². The lowest BCUT2D eigenvalue weighted by molar-refractivity contribution is -0.144. The van der Waals surface area contributed by atoms with Gasteiger partial charge in [-0.3, -0.25) is 62.3 Å². The van der Waals surface area contributed by atoms with E-state index in [1.165, 1.54) is 36.8 Å². The Morgan fingerprint density at radius 3 is 1.98 bits per heavy atom. The number of nitrogens with zero attached hydrogens (tertiary/aromatic N) is 2. The molecule has 13 amide bonds. The summed E-state index contributed by atoms with van der Waals surface area (Å²) in [5.41, 5.74) is 6.59. The van der Waals surface area contributed by atoms with Crippen molar-refractivity contribution < 1.29 is 82.4 Å². The molecule has 2 aromatic rings. The highest BCUT2D eigenvalue weighted by Crippen LogP contribution is 2.27. The van der Waals surface area contributed by atoms with E-state index in [0.717, 1.165) is 48.1 Å². The highest BCUT2D eigenvalue weighted by molar-refractivity contribution is 8.77. The number of nitrogens with one attached hydrogen (secondary N) is 13. The lowest BCUT2D eigenvalue weighted by atomic mass is 10.0. The molecule has 4 saturated heterocycles. The number of fused-ring (bicyclic) bond motifs is 6. The number of carbonyl (C=O) groups excluding carboxylic acids is 13. The van der Waals surface area contributed by atoms with Gasteiger partial charge in [-0.15, -0.1) is 0 Å². The first-order valence-corrected chi connectivity index (χ1v) is 35.9. The van der Waals surface area contributed by atoms with Gasteiger partial charge >= 0.3 is 5.97 Å². The number of amides is 13. The van der Waals surface area contributed by atoms with Gasteiger partial charge < -0.3 is 94.7 Å². The van der Waals surface area contributed by atoms with Crippen LogP contribution in [0.4, 0.5) is 0 Å². The van der Waals surface area contributed by atoms with Gasteiger partial charge in [0.05, 0.1) is 25.5 Å². The molecule has 1 aromatic carbocycles. The number of H-pyrrole nitrogens is 1. The molecule has 0 aliphatic carbocycles. The van der Waals surface area contributed by atoms with Crippen LogP contribution in [0.3, 0.4) is 0 Å². The summed E-state index contributed by atoms with van der Waals surface area (Å²) in [6.07, 6.45) is 1.55. The molecule has 95 heavy (non-hydrogen) atoms. The number of hydrogen-bond acceptors (Lipinski definition) is 22. The summed E-state index contributed by atoms with van der Waals surface area (Å²) < 4.78 is 0. The molecule has 33 nitrogen and oxygen atoms in total. The maximum Gasteiger partial charge on any atom is 0.327 e. The number of phenols is 1. The average molecular weight is 1410 g/mol. The molecule has 37 heteroatoms. The van der Waals surface area contributed by atoms with Crippen molar-refractivity contribution in [2.75, 3.05) is 49.2 Å². The minimum absolute atomic E-state index is 0.00288.